The highest BCUT2D eigenvalue weighted by molar-refractivity contribution is 5.82. The van der Waals surface area contributed by atoms with E-state index >= 15 is 0 Å². The molecule has 0 saturated heterocycles. The summed E-state index contributed by atoms with van der Waals surface area (Å²) in [6.07, 6.45) is -4.47. The first-order valence-electron chi connectivity index (χ1n) is 8.37. The Morgan fingerprint density at radius 3 is 2.46 bits per heavy atom. The zero-order valence-electron chi connectivity index (χ0n) is 15.6. The molecule has 0 aliphatic rings. The van der Waals surface area contributed by atoms with E-state index in [9.17, 15) is 22.8 Å². The largest absolute Gasteiger partial charge is 0.493 e. The van der Waals surface area contributed by atoms with E-state index in [0.29, 0.717) is 28.9 Å². The average molecular weight is 402 g/mol. The number of carbonyl (C=O) groups is 1. The molecule has 0 aliphatic carbocycles. The Morgan fingerprint density at radius 1 is 1.25 bits per heavy atom. The highest BCUT2D eigenvalue weighted by Gasteiger charge is 2.28. The standard InChI is InChI=1S/C17H21F3N4O4/c1-4-24(8-15(25)21-9-17(18,19)20)7-14-22-11-6-13(28-3)12(27-2)5-10(11)16(26)23-14/h5-6H,4,7-9H2,1-3H3,(H,21,25)(H,22,23,26). The molecular weight excluding hydrogens is 381 g/mol. The molecular formula is C17H21F3N4O4. The second-order valence-corrected chi connectivity index (χ2v) is 5.93. The Labute approximate surface area is 158 Å². The summed E-state index contributed by atoms with van der Waals surface area (Å²) in [6.45, 7) is 0.531. The number of aromatic amines is 1. The lowest BCUT2D eigenvalue weighted by molar-refractivity contribution is -0.139. The molecule has 2 rings (SSSR count). The molecule has 0 spiro atoms. The van der Waals surface area contributed by atoms with Gasteiger partial charge in [-0.1, -0.05) is 6.92 Å². The number of carbonyl (C=O) groups excluding carboxylic acids is 1. The molecule has 8 nitrogen and oxygen atoms in total. The van der Waals surface area contributed by atoms with E-state index in [4.69, 9.17) is 9.47 Å². The number of rotatable bonds is 8. The zero-order chi connectivity index (χ0) is 20.9. The average Bonchev–Trinajstić information content (AvgIpc) is 2.64. The number of likely N-dealkylation sites (N-methyl/N-ethyl adjacent to an activating group) is 1. The van der Waals surface area contributed by atoms with Crippen LogP contribution in [0, 0.1) is 0 Å². The first-order valence-corrected chi connectivity index (χ1v) is 8.37. The number of aromatic nitrogens is 2. The zero-order valence-corrected chi connectivity index (χ0v) is 15.6. The summed E-state index contributed by atoms with van der Waals surface area (Å²) < 4.78 is 46.9. The number of benzene rings is 1. The lowest BCUT2D eigenvalue weighted by Gasteiger charge is -2.19. The maximum Gasteiger partial charge on any atom is 0.405 e. The summed E-state index contributed by atoms with van der Waals surface area (Å²) in [5.74, 6) is 0.286. The number of fused-ring (bicyclic) bond motifs is 1. The second kappa shape index (κ2) is 8.91. The predicted molar refractivity (Wildman–Crippen MR) is 95.5 cm³/mol. The number of H-pyrrole nitrogens is 1. The molecule has 2 aromatic rings. The Kier molecular flexibility index (Phi) is 6.84. The number of hydrogen-bond donors (Lipinski definition) is 2. The van der Waals surface area contributed by atoms with Gasteiger partial charge < -0.3 is 19.8 Å². The van der Waals surface area contributed by atoms with Crippen molar-refractivity contribution >= 4 is 16.8 Å². The molecule has 0 atom stereocenters. The Morgan fingerprint density at radius 2 is 1.89 bits per heavy atom. The van der Waals surface area contributed by atoms with Crippen molar-refractivity contribution in [3.63, 3.8) is 0 Å². The van der Waals surface area contributed by atoms with E-state index in [0.717, 1.165) is 0 Å². The van der Waals surface area contributed by atoms with Crippen LogP contribution in [0.3, 0.4) is 0 Å². The Balaban J connectivity index is 2.19. The van der Waals surface area contributed by atoms with Crippen molar-refractivity contribution < 1.29 is 27.4 Å². The van der Waals surface area contributed by atoms with Gasteiger partial charge in [0.15, 0.2) is 11.5 Å². The van der Waals surface area contributed by atoms with E-state index in [-0.39, 0.29) is 18.9 Å². The SMILES string of the molecule is CCN(CC(=O)NCC(F)(F)F)Cc1nc2cc(OC)c(OC)cc2c(=O)[nH]1. The van der Waals surface area contributed by atoms with Gasteiger partial charge in [-0.3, -0.25) is 14.5 Å². The third-order valence-electron chi connectivity index (χ3n) is 3.93. The number of alkyl halides is 3. The molecule has 2 N–H and O–H groups in total. The number of ether oxygens (including phenoxy) is 2. The van der Waals surface area contributed by atoms with Crippen LogP contribution in [0.25, 0.3) is 10.9 Å². The fourth-order valence-corrected chi connectivity index (χ4v) is 2.54. The monoisotopic (exact) mass is 402 g/mol. The molecule has 0 bridgehead atoms. The van der Waals surface area contributed by atoms with Crippen molar-refractivity contribution in [3.05, 3.63) is 28.3 Å². The van der Waals surface area contributed by atoms with E-state index in [1.807, 2.05) is 5.32 Å². The molecule has 1 aromatic carbocycles. The van der Waals surface area contributed by atoms with Crippen LogP contribution in [0.1, 0.15) is 12.7 Å². The van der Waals surface area contributed by atoms with E-state index < -0.39 is 24.2 Å². The number of nitrogens with one attached hydrogen (secondary N) is 2. The first kappa shape index (κ1) is 21.5. The number of hydrogen-bond acceptors (Lipinski definition) is 6. The number of amides is 1. The van der Waals surface area contributed by atoms with E-state index in [1.54, 1.807) is 17.9 Å². The molecule has 0 unspecified atom stereocenters. The van der Waals surface area contributed by atoms with Crippen molar-refractivity contribution in [2.75, 3.05) is 33.9 Å². The number of halogens is 3. The molecule has 1 aromatic heterocycles. The summed E-state index contributed by atoms with van der Waals surface area (Å²) in [4.78, 5) is 32.6. The minimum absolute atomic E-state index is 0.0788. The van der Waals surface area contributed by atoms with Gasteiger partial charge in [0.2, 0.25) is 5.91 Å². The third-order valence-corrected chi connectivity index (χ3v) is 3.93. The number of methoxy groups -OCH3 is 2. The summed E-state index contributed by atoms with van der Waals surface area (Å²) in [5.41, 5.74) is -0.0347. The Bertz CT molecular complexity index is 898. The van der Waals surface area contributed by atoms with Gasteiger partial charge >= 0.3 is 6.18 Å². The summed E-state index contributed by atoms with van der Waals surface area (Å²) in [6, 6.07) is 3.06. The van der Waals surface area contributed by atoms with Crippen LogP contribution in [0.15, 0.2) is 16.9 Å². The molecule has 0 fully saturated rings. The molecule has 0 saturated carbocycles. The lowest BCUT2D eigenvalue weighted by Crippen LogP contribution is -2.41. The normalized spacial score (nSPS) is 11.7. The van der Waals surface area contributed by atoms with E-state index in [2.05, 4.69) is 9.97 Å². The Hall–Kier alpha value is -2.82. The molecule has 0 aliphatic heterocycles. The highest BCUT2D eigenvalue weighted by Crippen LogP contribution is 2.29. The quantitative estimate of drug-likeness (QED) is 0.694. The van der Waals surface area contributed by atoms with Crippen molar-refractivity contribution in [3.8, 4) is 11.5 Å². The van der Waals surface area contributed by atoms with Crippen molar-refractivity contribution in [1.29, 1.82) is 0 Å². The van der Waals surface area contributed by atoms with Crippen LogP contribution in [0.5, 0.6) is 11.5 Å². The van der Waals surface area contributed by atoms with Crippen LogP contribution in [0.2, 0.25) is 0 Å². The molecule has 1 amide bonds. The fraction of sp³-hybridized carbons (Fsp3) is 0.471. The summed E-state index contributed by atoms with van der Waals surface area (Å²) in [5, 5.41) is 2.11. The minimum Gasteiger partial charge on any atom is -0.493 e. The van der Waals surface area contributed by atoms with Gasteiger partial charge in [-0.05, 0) is 12.6 Å². The number of nitrogens with zero attached hydrogens (tertiary/aromatic N) is 2. The van der Waals surface area contributed by atoms with Crippen molar-refractivity contribution in [2.45, 2.75) is 19.6 Å². The third kappa shape index (κ3) is 5.59. The van der Waals surface area contributed by atoms with Crippen LogP contribution < -0.4 is 20.3 Å². The molecule has 0 radical (unpaired) electrons. The van der Waals surface area contributed by atoms with Crippen LogP contribution in [-0.2, 0) is 11.3 Å². The topological polar surface area (TPSA) is 96.6 Å². The van der Waals surface area contributed by atoms with Gasteiger partial charge in [0.1, 0.15) is 12.4 Å². The maximum atomic E-state index is 12.4. The highest BCUT2D eigenvalue weighted by atomic mass is 19.4. The fourth-order valence-electron chi connectivity index (χ4n) is 2.54. The van der Waals surface area contributed by atoms with Crippen LogP contribution in [-0.4, -0.2) is 60.8 Å². The van der Waals surface area contributed by atoms with Crippen LogP contribution >= 0.6 is 0 Å². The first-order chi connectivity index (χ1) is 13.2. The van der Waals surface area contributed by atoms with Gasteiger partial charge in [-0.25, -0.2) is 4.98 Å². The van der Waals surface area contributed by atoms with Gasteiger partial charge in [0.05, 0.1) is 38.2 Å². The van der Waals surface area contributed by atoms with Crippen LogP contribution in [0.4, 0.5) is 13.2 Å². The maximum absolute atomic E-state index is 12.4. The molecule has 28 heavy (non-hydrogen) atoms. The van der Waals surface area contributed by atoms with Gasteiger partial charge in [0.25, 0.3) is 5.56 Å². The van der Waals surface area contributed by atoms with Crippen molar-refractivity contribution in [2.24, 2.45) is 0 Å². The van der Waals surface area contributed by atoms with Gasteiger partial charge in [0, 0.05) is 6.07 Å². The molecule has 154 valence electrons. The van der Waals surface area contributed by atoms with Gasteiger partial charge in [-0.2, -0.15) is 13.2 Å². The van der Waals surface area contributed by atoms with E-state index in [1.165, 1.54) is 20.3 Å². The predicted octanol–water partition coefficient (Wildman–Crippen LogP) is 1.44. The van der Waals surface area contributed by atoms with Gasteiger partial charge in [-0.15, -0.1) is 0 Å². The summed E-state index contributed by atoms with van der Waals surface area (Å²) >= 11 is 0. The smallest absolute Gasteiger partial charge is 0.405 e. The molecule has 1 heterocycles. The minimum atomic E-state index is -4.47. The lowest BCUT2D eigenvalue weighted by atomic mass is 10.2. The van der Waals surface area contributed by atoms with Crippen molar-refractivity contribution in [1.82, 2.24) is 20.2 Å². The second-order valence-electron chi connectivity index (χ2n) is 5.93. The summed E-state index contributed by atoms with van der Waals surface area (Å²) in [7, 11) is 2.90. The molecule has 11 heteroatoms.